The number of esters is 1. The lowest BCUT2D eigenvalue weighted by atomic mass is 10.1. The van der Waals surface area contributed by atoms with Gasteiger partial charge in [-0.05, 0) is 31.0 Å². The van der Waals surface area contributed by atoms with Crippen molar-refractivity contribution < 1.29 is 19.1 Å². The first-order valence-corrected chi connectivity index (χ1v) is 10.1. The highest BCUT2D eigenvalue weighted by atomic mass is 28.4. The standard InChI is InChI=1S/C14H29NO4Si/c1-13(2,3)20(4,5)19-8-11(15)12(17)18-10-14(9-16)6-7-14/h11,16H,6-10,15H2,1-5H3/t11-/m1/s1. The fourth-order valence-corrected chi connectivity index (χ4v) is 2.47. The highest BCUT2D eigenvalue weighted by molar-refractivity contribution is 6.74. The van der Waals surface area contributed by atoms with Gasteiger partial charge in [0.1, 0.15) is 6.04 Å². The van der Waals surface area contributed by atoms with E-state index < -0.39 is 20.3 Å². The smallest absolute Gasteiger partial charge is 0.325 e. The largest absolute Gasteiger partial charge is 0.464 e. The molecule has 118 valence electrons. The van der Waals surface area contributed by atoms with Crippen molar-refractivity contribution in [2.75, 3.05) is 19.8 Å². The van der Waals surface area contributed by atoms with Gasteiger partial charge in [0, 0.05) is 5.41 Å². The molecule has 0 amide bonds. The number of carbonyl (C=O) groups is 1. The first kappa shape index (κ1) is 17.6. The lowest BCUT2D eigenvalue weighted by molar-refractivity contribution is -0.148. The van der Waals surface area contributed by atoms with Gasteiger partial charge >= 0.3 is 5.97 Å². The summed E-state index contributed by atoms with van der Waals surface area (Å²) in [4.78, 5) is 11.8. The van der Waals surface area contributed by atoms with Gasteiger partial charge < -0.3 is 20.0 Å². The van der Waals surface area contributed by atoms with Crippen LogP contribution in [-0.4, -0.2) is 45.3 Å². The average Bonchev–Trinajstić information content (AvgIpc) is 3.12. The first-order valence-electron chi connectivity index (χ1n) is 7.20. The number of carbonyl (C=O) groups excluding carboxylic acids is 1. The quantitative estimate of drug-likeness (QED) is 0.552. The molecule has 0 aromatic carbocycles. The molecule has 1 aliphatic rings. The molecule has 0 radical (unpaired) electrons. The molecule has 0 unspecified atom stereocenters. The van der Waals surface area contributed by atoms with Crippen LogP contribution in [0, 0.1) is 5.41 Å². The summed E-state index contributed by atoms with van der Waals surface area (Å²) >= 11 is 0. The second-order valence-corrected chi connectivity index (χ2v) is 12.3. The van der Waals surface area contributed by atoms with Crippen molar-refractivity contribution in [1.82, 2.24) is 0 Å². The molecule has 1 fully saturated rings. The number of nitrogens with two attached hydrogens (primary N) is 1. The Bertz CT molecular complexity index is 348. The fraction of sp³-hybridized carbons (Fsp3) is 0.929. The van der Waals surface area contributed by atoms with Crippen LogP contribution < -0.4 is 5.73 Å². The minimum Gasteiger partial charge on any atom is -0.464 e. The molecular weight excluding hydrogens is 274 g/mol. The summed E-state index contributed by atoms with van der Waals surface area (Å²) in [6, 6.07) is -0.751. The van der Waals surface area contributed by atoms with Crippen LogP contribution in [-0.2, 0) is 14.0 Å². The number of hydrogen-bond acceptors (Lipinski definition) is 5. The van der Waals surface area contributed by atoms with Crippen LogP contribution in [0.4, 0.5) is 0 Å². The predicted octanol–water partition coefficient (Wildman–Crippen LogP) is 1.65. The van der Waals surface area contributed by atoms with Crippen molar-refractivity contribution in [2.24, 2.45) is 11.1 Å². The molecule has 1 aliphatic carbocycles. The van der Waals surface area contributed by atoms with Crippen molar-refractivity contribution in [1.29, 1.82) is 0 Å². The highest BCUT2D eigenvalue weighted by Crippen LogP contribution is 2.45. The van der Waals surface area contributed by atoms with Gasteiger partial charge in [-0.3, -0.25) is 4.79 Å². The number of aliphatic hydroxyl groups is 1. The first-order chi connectivity index (χ1) is 9.03. The Labute approximate surface area is 123 Å². The van der Waals surface area contributed by atoms with Crippen LogP contribution in [0.2, 0.25) is 18.1 Å². The maximum absolute atomic E-state index is 11.8. The second-order valence-electron chi connectivity index (χ2n) is 7.44. The molecule has 1 atom stereocenters. The third-order valence-electron chi connectivity index (χ3n) is 4.55. The van der Waals surface area contributed by atoms with Crippen molar-refractivity contribution in [3.63, 3.8) is 0 Å². The number of ether oxygens (including phenoxy) is 1. The van der Waals surface area contributed by atoms with Gasteiger partial charge in [0.2, 0.25) is 0 Å². The molecule has 0 spiro atoms. The number of aliphatic hydroxyl groups excluding tert-OH is 1. The van der Waals surface area contributed by atoms with Gasteiger partial charge in [0.15, 0.2) is 8.32 Å². The van der Waals surface area contributed by atoms with Crippen molar-refractivity contribution in [3.05, 3.63) is 0 Å². The summed E-state index contributed by atoms with van der Waals surface area (Å²) in [5.74, 6) is -0.441. The minimum absolute atomic E-state index is 0.0655. The maximum atomic E-state index is 11.8. The maximum Gasteiger partial charge on any atom is 0.325 e. The number of hydrogen-bond donors (Lipinski definition) is 2. The van der Waals surface area contributed by atoms with E-state index in [1.54, 1.807) is 0 Å². The third-order valence-corrected chi connectivity index (χ3v) is 9.05. The molecule has 0 aliphatic heterocycles. The van der Waals surface area contributed by atoms with Crippen LogP contribution in [0.25, 0.3) is 0 Å². The summed E-state index contributed by atoms with van der Waals surface area (Å²) in [5, 5.41) is 9.25. The molecular formula is C14H29NO4Si. The van der Waals surface area contributed by atoms with E-state index in [1.807, 2.05) is 0 Å². The van der Waals surface area contributed by atoms with Gasteiger partial charge in [-0.15, -0.1) is 0 Å². The zero-order chi connectivity index (χ0) is 15.6. The van der Waals surface area contributed by atoms with E-state index in [0.717, 1.165) is 12.8 Å². The summed E-state index contributed by atoms with van der Waals surface area (Å²) in [7, 11) is -1.90. The fourth-order valence-electron chi connectivity index (χ4n) is 1.44. The van der Waals surface area contributed by atoms with E-state index >= 15 is 0 Å². The van der Waals surface area contributed by atoms with E-state index in [4.69, 9.17) is 20.0 Å². The average molecular weight is 303 g/mol. The second kappa shape index (κ2) is 6.13. The summed E-state index contributed by atoms with van der Waals surface area (Å²) in [5.41, 5.74) is 5.62. The van der Waals surface area contributed by atoms with Crippen molar-refractivity contribution in [2.45, 2.75) is 57.8 Å². The van der Waals surface area contributed by atoms with Crippen LogP contribution in [0.3, 0.4) is 0 Å². The molecule has 0 bridgehead atoms. The van der Waals surface area contributed by atoms with Gasteiger partial charge in [0.25, 0.3) is 0 Å². The van der Waals surface area contributed by atoms with Crippen molar-refractivity contribution >= 4 is 14.3 Å². The molecule has 3 N–H and O–H groups in total. The highest BCUT2D eigenvalue weighted by Gasteiger charge is 2.44. The lowest BCUT2D eigenvalue weighted by Crippen LogP contribution is -2.46. The predicted molar refractivity (Wildman–Crippen MR) is 80.8 cm³/mol. The van der Waals surface area contributed by atoms with E-state index in [-0.39, 0.29) is 30.3 Å². The van der Waals surface area contributed by atoms with Crippen molar-refractivity contribution in [3.8, 4) is 0 Å². The van der Waals surface area contributed by atoms with Crippen LogP contribution in [0.5, 0.6) is 0 Å². The van der Waals surface area contributed by atoms with E-state index in [0.29, 0.717) is 0 Å². The molecule has 20 heavy (non-hydrogen) atoms. The van der Waals surface area contributed by atoms with E-state index in [1.165, 1.54) is 0 Å². The molecule has 5 nitrogen and oxygen atoms in total. The SMILES string of the molecule is CC(C)(C)[Si](C)(C)OC[C@@H](N)C(=O)OCC1(CO)CC1. The summed E-state index contributed by atoms with van der Waals surface area (Å²) in [6.45, 7) is 11.2. The third kappa shape index (κ3) is 4.55. The minimum atomic E-state index is -1.90. The Morgan fingerprint density at radius 1 is 1.40 bits per heavy atom. The van der Waals surface area contributed by atoms with Crippen LogP contribution >= 0.6 is 0 Å². The van der Waals surface area contributed by atoms with Gasteiger partial charge in [-0.25, -0.2) is 0 Å². The molecule has 0 aromatic heterocycles. The zero-order valence-corrected chi connectivity index (χ0v) is 14.4. The molecule has 1 saturated carbocycles. The Morgan fingerprint density at radius 2 is 1.95 bits per heavy atom. The Kier molecular flexibility index (Phi) is 5.40. The van der Waals surface area contributed by atoms with E-state index in [9.17, 15) is 4.79 Å². The van der Waals surface area contributed by atoms with Crippen LogP contribution in [0.15, 0.2) is 0 Å². The summed E-state index contributed by atoms with van der Waals surface area (Å²) < 4.78 is 11.1. The Balaban J connectivity index is 2.35. The van der Waals surface area contributed by atoms with E-state index in [2.05, 4.69) is 33.9 Å². The topological polar surface area (TPSA) is 81.8 Å². The lowest BCUT2D eigenvalue weighted by Gasteiger charge is -2.36. The Hall–Kier alpha value is -0.433. The van der Waals surface area contributed by atoms with Gasteiger partial charge in [0.05, 0.1) is 19.8 Å². The zero-order valence-electron chi connectivity index (χ0n) is 13.4. The molecule has 1 rings (SSSR count). The van der Waals surface area contributed by atoms with Gasteiger partial charge in [-0.2, -0.15) is 0 Å². The van der Waals surface area contributed by atoms with Gasteiger partial charge in [-0.1, -0.05) is 20.8 Å². The number of rotatable bonds is 7. The summed E-state index contributed by atoms with van der Waals surface area (Å²) in [6.07, 6.45) is 1.82. The molecule has 6 heteroatoms. The molecule has 0 saturated heterocycles. The molecule has 0 heterocycles. The monoisotopic (exact) mass is 303 g/mol. The van der Waals surface area contributed by atoms with Crippen LogP contribution in [0.1, 0.15) is 33.6 Å². The molecule has 0 aromatic rings. The normalized spacial score (nSPS) is 19.6. The Morgan fingerprint density at radius 3 is 2.35 bits per heavy atom.